The van der Waals surface area contributed by atoms with E-state index in [0.29, 0.717) is 34.1 Å². The van der Waals surface area contributed by atoms with E-state index in [2.05, 4.69) is 20.9 Å². The number of fused-ring (bicyclic) bond motifs is 1. The van der Waals surface area contributed by atoms with Gasteiger partial charge >= 0.3 is 0 Å². The summed E-state index contributed by atoms with van der Waals surface area (Å²) >= 11 is 6.12. The van der Waals surface area contributed by atoms with Crippen molar-refractivity contribution in [3.05, 3.63) is 94.5 Å². The van der Waals surface area contributed by atoms with E-state index in [9.17, 15) is 9.59 Å². The molecule has 1 heterocycles. The predicted molar refractivity (Wildman–Crippen MR) is 139 cm³/mol. The van der Waals surface area contributed by atoms with Gasteiger partial charge in [0, 0.05) is 28.4 Å². The van der Waals surface area contributed by atoms with E-state index in [1.165, 1.54) is 0 Å². The normalized spacial score (nSPS) is 13.9. The molecule has 7 heteroatoms. The summed E-state index contributed by atoms with van der Waals surface area (Å²) in [6.07, 6.45) is 0.890. The van der Waals surface area contributed by atoms with Crippen LogP contribution in [0.1, 0.15) is 27.9 Å². The van der Waals surface area contributed by atoms with Gasteiger partial charge in [-0.25, -0.2) is 0 Å². The second-order valence-electron chi connectivity index (χ2n) is 8.38. The van der Waals surface area contributed by atoms with E-state index < -0.39 is 0 Å². The molecule has 0 saturated heterocycles. The topological polar surface area (TPSA) is 73.5 Å². The highest BCUT2D eigenvalue weighted by atomic mass is 35.5. The average molecular weight is 475 g/mol. The summed E-state index contributed by atoms with van der Waals surface area (Å²) in [4.78, 5) is 27.5. The maximum atomic E-state index is 13.0. The summed E-state index contributed by atoms with van der Waals surface area (Å²) in [7, 11) is 4.02. The van der Waals surface area contributed by atoms with Gasteiger partial charge < -0.3 is 20.9 Å². The number of benzene rings is 3. The first-order chi connectivity index (χ1) is 16.4. The van der Waals surface area contributed by atoms with Crippen LogP contribution in [-0.2, 0) is 4.79 Å². The van der Waals surface area contributed by atoms with Crippen LogP contribution in [0.5, 0.6) is 0 Å². The summed E-state index contributed by atoms with van der Waals surface area (Å²) in [5.74, 6) is -0.301. The number of halogens is 1. The monoisotopic (exact) mass is 474 g/mol. The Morgan fingerprint density at radius 2 is 1.71 bits per heavy atom. The molecule has 6 nitrogen and oxygen atoms in total. The van der Waals surface area contributed by atoms with Crippen molar-refractivity contribution in [3.8, 4) is 0 Å². The highest BCUT2D eigenvalue weighted by molar-refractivity contribution is 6.38. The van der Waals surface area contributed by atoms with Crippen molar-refractivity contribution in [2.24, 2.45) is 0 Å². The molecule has 0 aliphatic carbocycles. The minimum Gasteiger partial charge on any atom is -0.354 e. The second-order valence-corrected chi connectivity index (χ2v) is 8.81. The molecule has 34 heavy (non-hydrogen) atoms. The van der Waals surface area contributed by atoms with Crippen LogP contribution in [0.3, 0.4) is 0 Å². The van der Waals surface area contributed by atoms with E-state index in [0.717, 1.165) is 29.8 Å². The Kier molecular flexibility index (Phi) is 7.30. The number of amides is 2. The number of hydrogen-bond donors (Lipinski definition) is 3. The van der Waals surface area contributed by atoms with Crippen LogP contribution in [0.25, 0.3) is 11.3 Å². The van der Waals surface area contributed by atoms with Crippen LogP contribution < -0.4 is 16.0 Å². The van der Waals surface area contributed by atoms with Crippen LogP contribution in [0.4, 0.5) is 11.4 Å². The summed E-state index contributed by atoms with van der Waals surface area (Å²) in [6, 6.07) is 22.3. The van der Waals surface area contributed by atoms with Gasteiger partial charge in [-0.05, 0) is 69.0 Å². The SMILES string of the molecule is CN(C)CCCNC(=O)c1ccc(NC(=C2C(=O)Nc3cc(Cl)ccc32)c2ccccc2)cc1. The van der Waals surface area contributed by atoms with Crippen LogP contribution in [0.2, 0.25) is 5.02 Å². The van der Waals surface area contributed by atoms with Crippen LogP contribution >= 0.6 is 11.6 Å². The highest BCUT2D eigenvalue weighted by Gasteiger charge is 2.28. The fourth-order valence-electron chi connectivity index (χ4n) is 3.83. The quantitative estimate of drug-likeness (QED) is 0.319. The third-order valence-electron chi connectivity index (χ3n) is 5.52. The lowest BCUT2D eigenvalue weighted by Crippen LogP contribution is -2.27. The molecule has 0 bridgehead atoms. The lowest BCUT2D eigenvalue weighted by atomic mass is 10.00. The maximum absolute atomic E-state index is 13.0. The summed E-state index contributed by atoms with van der Waals surface area (Å²) in [6.45, 7) is 1.54. The van der Waals surface area contributed by atoms with Gasteiger partial charge in [0.25, 0.3) is 11.8 Å². The van der Waals surface area contributed by atoms with Crippen LogP contribution in [0.15, 0.2) is 72.8 Å². The van der Waals surface area contributed by atoms with E-state index >= 15 is 0 Å². The van der Waals surface area contributed by atoms with Crippen molar-refractivity contribution in [1.82, 2.24) is 10.2 Å². The van der Waals surface area contributed by atoms with Crippen molar-refractivity contribution in [2.75, 3.05) is 37.8 Å². The summed E-state index contributed by atoms with van der Waals surface area (Å²) < 4.78 is 0. The number of nitrogens with zero attached hydrogens (tertiary/aromatic N) is 1. The molecule has 3 aromatic carbocycles. The smallest absolute Gasteiger partial charge is 0.258 e. The van der Waals surface area contributed by atoms with Gasteiger partial charge in [0.15, 0.2) is 0 Å². The molecule has 0 fully saturated rings. The fraction of sp³-hybridized carbons (Fsp3) is 0.185. The van der Waals surface area contributed by atoms with Gasteiger partial charge in [-0.2, -0.15) is 0 Å². The molecule has 4 rings (SSSR count). The Morgan fingerprint density at radius 3 is 2.41 bits per heavy atom. The zero-order valence-electron chi connectivity index (χ0n) is 19.2. The van der Waals surface area contributed by atoms with Crippen molar-refractivity contribution in [2.45, 2.75) is 6.42 Å². The predicted octanol–water partition coefficient (Wildman–Crippen LogP) is 4.95. The Bertz CT molecular complexity index is 1220. The molecule has 1 aliphatic heterocycles. The molecule has 0 spiro atoms. The molecule has 3 N–H and O–H groups in total. The third-order valence-corrected chi connectivity index (χ3v) is 5.76. The zero-order chi connectivity index (χ0) is 24.1. The summed E-state index contributed by atoms with van der Waals surface area (Å²) in [5.41, 5.74) is 4.92. The van der Waals surface area contributed by atoms with E-state index in [-0.39, 0.29) is 11.8 Å². The molecule has 3 aromatic rings. The first-order valence-electron chi connectivity index (χ1n) is 11.1. The first kappa shape index (κ1) is 23.5. The van der Waals surface area contributed by atoms with Crippen LogP contribution in [0, 0.1) is 0 Å². The maximum Gasteiger partial charge on any atom is 0.258 e. The van der Waals surface area contributed by atoms with Crippen molar-refractivity contribution in [3.63, 3.8) is 0 Å². The fourth-order valence-corrected chi connectivity index (χ4v) is 4.00. The highest BCUT2D eigenvalue weighted by Crippen LogP contribution is 2.38. The Hall–Kier alpha value is -3.61. The summed E-state index contributed by atoms with van der Waals surface area (Å²) in [5, 5.41) is 9.81. The van der Waals surface area contributed by atoms with Crippen LogP contribution in [-0.4, -0.2) is 43.9 Å². The van der Waals surface area contributed by atoms with Crippen molar-refractivity contribution in [1.29, 1.82) is 0 Å². The van der Waals surface area contributed by atoms with Gasteiger partial charge in [-0.1, -0.05) is 48.0 Å². The Balaban J connectivity index is 1.59. The molecule has 0 unspecified atom stereocenters. The van der Waals surface area contributed by atoms with Gasteiger partial charge in [0.05, 0.1) is 17.0 Å². The average Bonchev–Trinajstić information content (AvgIpc) is 3.15. The minimum atomic E-state index is -0.197. The molecule has 0 radical (unpaired) electrons. The number of carbonyl (C=O) groups excluding carboxylic acids is 2. The van der Waals surface area contributed by atoms with E-state index in [1.54, 1.807) is 24.3 Å². The number of anilines is 2. The molecular weight excluding hydrogens is 448 g/mol. The molecule has 0 saturated carbocycles. The number of hydrogen-bond acceptors (Lipinski definition) is 4. The van der Waals surface area contributed by atoms with E-state index in [1.807, 2.05) is 62.6 Å². The molecular formula is C27H27ClN4O2. The van der Waals surface area contributed by atoms with Gasteiger partial charge in [-0.3, -0.25) is 9.59 Å². The van der Waals surface area contributed by atoms with E-state index in [4.69, 9.17) is 11.6 Å². The van der Waals surface area contributed by atoms with Gasteiger partial charge in [0.1, 0.15) is 0 Å². The molecule has 2 amide bonds. The molecule has 0 atom stereocenters. The number of rotatable bonds is 8. The Labute approximate surface area is 204 Å². The second kappa shape index (κ2) is 10.5. The van der Waals surface area contributed by atoms with Gasteiger partial charge in [0.2, 0.25) is 0 Å². The third kappa shape index (κ3) is 5.47. The van der Waals surface area contributed by atoms with Crippen molar-refractivity contribution >= 4 is 46.1 Å². The first-order valence-corrected chi connectivity index (χ1v) is 11.5. The minimum absolute atomic E-state index is 0.104. The molecule has 0 aromatic heterocycles. The zero-order valence-corrected chi connectivity index (χ0v) is 19.9. The standard InChI is InChI=1S/C27H27ClN4O2/c1-32(2)16-6-15-29-26(33)19-9-12-21(13-10-19)30-25(18-7-4-3-5-8-18)24-22-14-11-20(28)17-23(22)31-27(24)34/h3-5,7-14,17,30H,6,15-16H2,1-2H3,(H,29,33)(H,31,34). The number of carbonyl (C=O) groups is 2. The molecule has 1 aliphatic rings. The lowest BCUT2D eigenvalue weighted by Gasteiger charge is -2.15. The van der Waals surface area contributed by atoms with Gasteiger partial charge in [-0.15, -0.1) is 0 Å². The molecule has 174 valence electrons. The Morgan fingerprint density at radius 1 is 0.971 bits per heavy atom. The van der Waals surface area contributed by atoms with Crippen molar-refractivity contribution < 1.29 is 9.59 Å². The lowest BCUT2D eigenvalue weighted by molar-refractivity contribution is -0.110. The number of nitrogens with one attached hydrogen (secondary N) is 3. The largest absolute Gasteiger partial charge is 0.354 e.